The number of benzene rings is 1. The van der Waals surface area contributed by atoms with Crippen molar-refractivity contribution in [1.29, 1.82) is 0 Å². The van der Waals surface area contributed by atoms with Gasteiger partial charge in [0.05, 0.1) is 59.1 Å². The summed E-state index contributed by atoms with van der Waals surface area (Å²) in [5.41, 5.74) is -2.42. The number of methoxy groups -OCH3 is 1. The number of aliphatic hydroxyl groups is 3. The molecule has 3 aliphatic heterocycles. The molecule has 1 aromatic carbocycles. The number of carbonyl (C=O) groups excluding carboxylic acids is 5. The van der Waals surface area contributed by atoms with Gasteiger partial charge in [0.1, 0.15) is 17.6 Å². The van der Waals surface area contributed by atoms with E-state index in [0.717, 1.165) is 6.26 Å². The van der Waals surface area contributed by atoms with E-state index in [1.807, 2.05) is 0 Å². The molecule has 52 heavy (non-hydrogen) atoms. The average molecular weight is 726 g/mol. The molecule has 0 radical (unpaired) electrons. The van der Waals surface area contributed by atoms with Crippen LogP contribution in [0.25, 0.3) is 0 Å². The minimum atomic E-state index is -2.10. The summed E-state index contributed by atoms with van der Waals surface area (Å²) in [5, 5.41) is 46.4. The Balaban J connectivity index is 1.88. The summed E-state index contributed by atoms with van der Waals surface area (Å²) >= 11 is 0. The Morgan fingerprint density at radius 3 is 2.19 bits per heavy atom. The highest BCUT2D eigenvalue weighted by Crippen LogP contribution is 2.48. The Kier molecular flexibility index (Phi) is 12.0. The molecule has 1 aliphatic carbocycles. The fourth-order valence-corrected chi connectivity index (χ4v) is 6.91. The summed E-state index contributed by atoms with van der Waals surface area (Å²) < 4.78 is 23.1. The maximum atomic E-state index is 14.0. The zero-order valence-corrected chi connectivity index (χ0v) is 30.7. The van der Waals surface area contributed by atoms with Gasteiger partial charge in [-0.1, -0.05) is 45.9 Å². The summed E-state index contributed by atoms with van der Waals surface area (Å²) in [6.07, 6.45) is 3.16. The van der Waals surface area contributed by atoms with Crippen molar-refractivity contribution < 1.29 is 63.3 Å². The molecule has 14 heteroatoms. The predicted octanol–water partition coefficient (Wildman–Crippen LogP) is 2.99. The second-order valence-electron chi connectivity index (χ2n) is 13.8. The van der Waals surface area contributed by atoms with Gasteiger partial charge in [-0.25, -0.2) is 0 Å². The number of phenolic OH excluding ortho intramolecular Hbond substituents is 1. The molecule has 5 N–H and O–H groups in total. The highest BCUT2D eigenvalue weighted by atomic mass is 16.7. The van der Waals surface area contributed by atoms with E-state index in [1.165, 1.54) is 53.0 Å². The maximum Gasteiger partial charge on any atom is 0.312 e. The number of phenols is 1. The molecular weight excluding hydrogens is 678 g/mol. The van der Waals surface area contributed by atoms with Crippen molar-refractivity contribution in [1.82, 2.24) is 5.32 Å². The first-order chi connectivity index (χ1) is 24.3. The number of ketones is 3. The number of esters is 1. The second kappa shape index (κ2) is 15.5. The van der Waals surface area contributed by atoms with Gasteiger partial charge in [0.25, 0.3) is 11.7 Å². The molecule has 4 aliphatic rings. The van der Waals surface area contributed by atoms with Gasteiger partial charge in [0.15, 0.2) is 5.78 Å². The lowest BCUT2D eigenvalue weighted by Crippen LogP contribution is -2.46. The number of hydrogen-bond donors (Lipinski definition) is 5. The summed E-state index contributed by atoms with van der Waals surface area (Å²) in [6.45, 7) is 11.1. The molecule has 0 saturated carbocycles. The van der Waals surface area contributed by atoms with Gasteiger partial charge >= 0.3 is 11.8 Å². The van der Waals surface area contributed by atoms with Gasteiger partial charge in [-0.15, -0.1) is 0 Å². The Morgan fingerprint density at radius 1 is 0.942 bits per heavy atom. The second-order valence-corrected chi connectivity index (χ2v) is 13.8. The minimum absolute atomic E-state index is 0.0462. The van der Waals surface area contributed by atoms with E-state index in [2.05, 4.69) is 5.32 Å². The first-order valence-electron chi connectivity index (χ1n) is 17.0. The third kappa shape index (κ3) is 7.20. The fraction of sp³-hybridized carbons (Fsp3) is 0.500. The van der Waals surface area contributed by atoms with Crippen molar-refractivity contribution in [2.45, 2.75) is 85.6 Å². The quantitative estimate of drug-likeness (QED) is 0.284. The number of nitrogens with one attached hydrogen (secondary N) is 1. The minimum Gasteiger partial charge on any atom is -0.507 e. The summed E-state index contributed by atoms with van der Waals surface area (Å²) in [5.74, 6) is -9.78. The molecule has 14 nitrogen and oxygen atoms in total. The third-order valence-electron chi connectivity index (χ3n) is 10.2. The van der Waals surface area contributed by atoms with Crippen LogP contribution in [0, 0.1) is 30.6 Å². The van der Waals surface area contributed by atoms with Gasteiger partial charge in [-0.05, 0) is 19.9 Å². The number of allylic oxidation sites excluding steroid dienone is 3. The van der Waals surface area contributed by atoms with Crippen molar-refractivity contribution in [3.05, 3.63) is 69.7 Å². The molecule has 1 amide bonds. The van der Waals surface area contributed by atoms with Crippen LogP contribution in [0.5, 0.6) is 11.5 Å². The number of hydrogen-bond acceptors (Lipinski definition) is 13. The lowest BCUT2D eigenvalue weighted by molar-refractivity contribution is -0.160. The zero-order valence-electron chi connectivity index (χ0n) is 30.7. The summed E-state index contributed by atoms with van der Waals surface area (Å²) in [4.78, 5) is 67.3. The van der Waals surface area contributed by atoms with Crippen LogP contribution < -0.4 is 10.1 Å². The SMILES string of the molecule is CO[C@@H]1C=CO[C@@]2(C)Oc3c(C)c(O)c4c(c3C2=O)C(=O)C(CO)=C(NC(=O)C(C)=CC=C[C@H](C)[C@H](O)[C@H](C)[C@H](O)[C@H](C)[C@@H](OC(C)=O)[C@H]1C)C4=O. The van der Waals surface area contributed by atoms with Crippen molar-refractivity contribution in [2.24, 2.45) is 23.7 Å². The Bertz CT molecular complexity index is 1790. The van der Waals surface area contributed by atoms with E-state index >= 15 is 0 Å². The Labute approximate surface area is 301 Å². The topological polar surface area (TPSA) is 215 Å². The summed E-state index contributed by atoms with van der Waals surface area (Å²) in [6, 6.07) is 0. The maximum absolute atomic E-state index is 14.0. The molecule has 5 bridgehead atoms. The molecular formula is C38H47NO13. The van der Waals surface area contributed by atoms with Gasteiger partial charge < -0.3 is 44.7 Å². The number of ether oxygens (including phenoxy) is 4. The number of rotatable bonds is 3. The predicted molar refractivity (Wildman–Crippen MR) is 185 cm³/mol. The van der Waals surface area contributed by atoms with Crippen LogP contribution in [-0.2, 0) is 23.8 Å². The molecule has 1 aromatic rings. The Hall–Kier alpha value is -4.63. The fourth-order valence-electron chi connectivity index (χ4n) is 6.91. The molecule has 282 valence electrons. The number of Topliss-reactive ketones (excluding diaryl/α,β-unsaturated/α-hetero) is 3. The van der Waals surface area contributed by atoms with Gasteiger partial charge in [0.2, 0.25) is 5.78 Å². The van der Waals surface area contributed by atoms with Crippen LogP contribution in [0.2, 0.25) is 0 Å². The molecule has 9 atom stereocenters. The normalized spacial score (nSPS) is 31.6. The van der Waals surface area contributed by atoms with E-state index in [4.69, 9.17) is 18.9 Å². The van der Waals surface area contributed by atoms with Crippen LogP contribution in [0.15, 0.2) is 47.4 Å². The molecule has 3 heterocycles. The van der Waals surface area contributed by atoms with E-state index in [9.17, 15) is 44.4 Å². The van der Waals surface area contributed by atoms with Crippen LogP contribution in [0.3, 0.4) is 0 Å². The number of carbonyl (C=O) groups is 5. The number of aromatic hydroxyl groups is 1. The van der Waals surface area contributed by atoms with Gasteiger partial charge in [-0.3, -0.25) is 24.0 Å². The van der Waals surface area contributed by atoms with Crippen LogP contribution in [0.4, 0.5) is 0 Å². The standard InChI is InChI=1S/C38H47NO13/c1-16-11-10-12-17(2)37(48)39-28-23(15-40)32(45)25-26(33(28)46)31(44)21(6)35-27(25)36(47)38(8,52-35)50-14-13-24(49-9)18(3)34(51-22(7)41)20(5)30(43)19(4)29(16)42/h10-14,16,18-20,24,29-30,34,40,42-44H,15H2,1-9H3,(H,39,48)/t16-,18-,19-,20-,24+,29-,30-,34-,38-/m0/s1. The zero-order chi connectivity index (χ0) is 39.0. The van der Waals surface area contributed by atoms with Crippen LogP contribution in [0.1, 0.15) is 85.1 Å². The largest absolute Gasteiger partial charge is 0.507 e. The van der Waals surface area contributed by atoms with E-state index < -0.39 is 118 Å². The number of aliphatic hydroxyl groups excluding tert-OH is 3. The van der Waals surface area contributed by atoms with Gasteiger partial charge in [-0.2, -0.15) is 0 Å². The van der Waals surface area contributed by atoms with Crippen LogP contribution >= 0.6 is 0 Å². The van der Waals surface area contributed by atoms with Crippen molar-refractivity contribution in [3.8, 4) is 11.5 Å². The molecule has 5 rings (SSSR count). The lowest BCUT2D eigenvalue weighted by atomic mass is 9.78. The number of fused-ring (bicyclic) bond motifs is 14. The first kappa shape index (κ1) is 40.1. The smallest absolute Gasteiger partial charge is 0.312 e. The van der Waals surface area contributed by atoms with E-state index in [0.29, 0.717) is 0 Å². The first-order valence-corrected chi connectivity index (χ1v) is 17.0. The van der Waals surface area contributed by atoms with Crippen molar-refractivity contribution in [3.63, 3.8) is 0 Å². The van der Waals surface area contributed by atoms with E-state index in [1.54, 1.807) is 33.8 Å². The molecule has 0 aromatic heterocycles. The van der Waals surface area contributed by atoms with Crippen molar-refractivity contribution >= 4 is 29.2 Å². The van der Waals surface area contributed by atoms with E-state index in [-0.39, 0.29) is 22.4 Å². The van der Waals surface area contributed by atoms with Crippen LogP contribution in [-0.4, -0.2) is 93.6 Å². The lowest BCUT2D eigenvalue weighted by Gasteiger charge is -2.38. The molecule has 0 fully saturated rings. The molecule has 0 unspecified atom stereocenters. The average Bonchev–Trinajstić information content (AvgIpc) is 3.36. The highest BCUT2D eigenvalue weighted by molar-refractivity contribution is 6.32. The number of amides is 1. The molecule has 0 spiro atoms. The third-order valence-corrected chi connectivity index (χ3v) is 10.2. The molecule has 0 saturated heterocycles. The monoisotopic (exact) mass is 725 g/mol. The highest BCUT2D eigenvalue weighted by Gasteiger charge is 2.52. The van der Waals surface area contributed by atoms with Gasteiger partial charge in [0, 0.05) is 55.8 Å². The summed E-state index contributed by atoms with van der Waals surface area (Å²) in [7, 11) is 1.40. The Morgan fingerprint density at radius 2 is 1.60 bits per heavy atom. The van der Waals surface area contributed by atoms with Crippen molar-refractivity contribution in [2.75, 3.05) is 13.7 Å².